The maximum atomic E-state index is 5.49. The number of nitrogens with one attached hydrogen (secondary N) is 1. The molecule has 0 aromatic rings. The summed E-state index contributed by atoms with van der Waals surface area (Å²) in [5, 5.41) is 7.20. The molecule has 0 radical (unpaired) electrons. The van der Waals surface area contributed by atoms with E-state index in [-0.39, 0.29) is 51.4 Å². The standard InChI is InChI=1S/C7H19N3.C4H10N.K/c1-2-7(5-9)6-10-4-3-8;1-3-5-4-2;/h7,10H,2-6,8-9H2,1H3;3-4H2,1-2H3;/q;-1;+1. The summed E-state index contributed by atoms with van der Waals surface area (Å²) in [6.07, 6.45) is 1.15. The van der Waals surface area contributed by atoms with Crippen molar-refractivity contribution in [2.24, 2.45) is 17.4 Å². The maximum absolute atomic E-state index is 5.49. The molecule has 0 spiro atoms. The Morgan fingerprint density at radius 2 is 1.69 bits per heavy atom. The molecule has 1 unspecified atom stereocenters. The molecule has 0 aliphatic rings. The van der Waals surface area contributed by atoms with E-state index < -0.39 is 0 Å². The first-order valence-corrected chi connectivity index (χ1v) is 6.00. The summed E-state index contributed by atoms with van der Waals surface area (Å²) in [6.45, 7) is 11.6. The average Bonchev–Trinajstić information content (AvgIpc) is 2.27. The summed E-state index contributed by atoms with van der Waals surface area (Å²) >= 11 is 0. The summed E-state index contributed by atoms with van der Waals surface area (Å²) in [5.41, 5.74) is 10.8. The van der Waals surface area contributed by atoms with Crippen LogP contribution >= 0.6 is 0 Å². The molecule has 4 nitrogen and oxygen atoms in total. The van der Waals surface area contributed by atoms with Crippen LogP contribution in [0.15, 0.2) is 0 Å². The van der Waals surface area contributed by atoms with Crippen molar-refractivity contribution in [2.45, 2.75) is 27.2 Å². The van der Waals surface area contributed by atoms with Gasteiger partial charge in [0.2, 0.25) is 0 Å². The molecule has 0 aliphatic carbocycles. The Hall–Kier alpha value is 1.48. The van der Waals surface area contributed by atoms with Gasteiger partial charge >= 0.3 is 51.4 Å². The number of nitrogens with two attached hydrogens (primary N) is 2. The van der Waals surface area contributed by atoms with E-state index in [1.807, 2.05) is 13.8 Å². The van der Waals surface area contributed by atoms with E-state index in [0.717, 1.165) is 39.1 Å². The topological polar surface area (TPSA) is 78.2 Å². The predicted molar refractivity (Wildman–Crippen MR) is 69.2 cm³/mol. The van der Waals surface area contributed by atoms with E-state index in [9.17, 15) is 0 Å². The summed E-state index contributed by atoms with van der Waals surface area (Å²) in [6, 6.07) is 0. The van der Waals surface area contributed by atoms with Gasteiger partial charge in [0.05, 0.1) is 0 Å². The monoisotopic (exact) mass is 256 g/mol. The fourth-order valence-corrected chi connectivity index (χ4v) is 1.03. The molecule has 0 aliphatic heterocycles. The second-order valence-electron chi connectivity index (χ2n) is 3.36. The molecule has 0 heterocycles. The molecular weight excluding hydrogens is 227 g/mol. The van der Waals surface area contributed by atoms with Gasteiger partial charge in [-0.3, -0.25) is 0 Å². The Balaban J connectivity index is -0.000000242. The molecule has 0 bridgehead atoms. The van der Waals surface area contributed by atoms with Gasteiger partial charge in [-0.2, -0.15) is 13.1 Å². The fraction of sp³-hybridized carbons (Fsp3) is 1.00. The molecule has 5 heteroatoms. The van der Waals surface area contributed by atoms with Gasteiger partial charge in [-0.15, -0.1) is 0 Å². The second kappa shape index (κ2) is 21.7. The van der Waals surface area contributed by atoms with Crippen LogP contribution in [0.4, 0.5) is 0 Å². The zero-order valence-electron chi connectivity index (χ0n) is 11.6. The maximum Gasteiger partial charge on any atom is 1.00 e. The number of nitrogens with zero attached hydrogens (tertiary/aromatic N) is 1. The van der Waals surface area contributed by atoms with E-state index in [0.29, 0.717) is 12.5 Å². The van der Waals surface area contributed by atoms with Crippen molar-refractivity contribution in [1.29, 1.82) is 0 Å². The average molecular weight is 256 g/mol. The largest absolute Gasteiger partial charge is 1.00 e. The molecule has 0 rings (SSSR count). The quantitative estimate of drug-likeness (QED) is 0.345. The van der Waals surface area contributed by atoms with Crippen LogP contribution in [0.2, 0.25) is 0 Å². The van der Waals surface area contributed by atoms with Gasteiger partial charge in [0, 0.05) is 13.1 Å². The normalized spacial score (nSPS) is 11.1. The molecule has 5 N–H and O–H groups in total. The van der Waals surface area contributed by atoms with E-state index in [1.54, 1.807) is 0 Å². The third-order valence-corrected chi connectivity index (χ3v) is 2.11. The first-order valence-electron chi connectivity index (χ1n) is 6.00. The van der Waals surface area contributed by atoms with Gasteiger partial charge < -0.3 is 22.1 Å². The predicted octanol–water partition coefficient (Wildman–Crippen LogP) is -2.08. The Morgan fingerprint density at radius 3 is 1.94 bits per heavy atom. The van der Waals surface area contributed by atoms with E-state index in [1.165, 1.54) is 0 Å². The van der Waals surface area contributed by atoms with Gasteiger partial charge in [0.25, 0.3) is 0 Å². The molecule has 0 amide bonds. The van der Waals surface area contributed by atoms with Crippen LogP contribution in [0, 0.1) is 5.92 Å². The Bertz CT molecular complexity index is 98.0. The van der Waals surface area contributed by atoms with Gasteiger partial charge in [0.1, 0.15) is 0 Å². The van der Waals surface area contributed by atoms with Crippen molar-refractivity contribution in [3.05, 3.63) is 5.32 Å². The second-order valence-corrected chi connectivity index (χ2v) is 3.36. The summed E-state index contributed by atoms with van der Waals surface area (Å²) in [5.74, 6) is 0.617. The van der Waals surface area contributed by atoms with Crippen LogP contribution in [0.25, 0.3) is 5.32 Å². The fourth-order valence-electron chi connectivity index (χ4n) is 1.03. The number of hydrogen-bond acceptors (Lipinski definition) is 3. The van der Waals surface area contributed by atoms with Crippen molar-refractivity contribution in [1.82, 2.24) is 5.32 Å². The van der Waals surface area contributed by atoms with Crippen molar-refractivity contribution in [2.75, 3.05) is 39.3 Å². The summed E-state index contributed by atoms with van der Waals surface area (Å²) in [4.78, 5) is 0. The SMILES string of the molecule is CCC(CN)CNCCN.CC[N-]CC.[K+]. The number of hydrogen-bond donors (Lipinski definition) is 3. The van der Waals surface area contributed by atoms with Crippen LogP contribution < -0.4 is 68.2 Å². The third-order valence-electron chi connectivity index (χ3n) is 2.11. The first-order chi connectivity index (χ1) is 7.26. The minimum atomic E-state index is 0. The van der Waals surface area contributed by atoms with Crippen molar-refractivity contribution in [3.8, 4) is 0 Å². The van der Waals surface area contributed by atoms with Crippen molar-refractivity contribution in [3.63, 3.8) is 0 Å². The van der Waals surface area contributed by atoms with E-state index in [2.05, 4.69) is 17.6 Å². The molecule has 94 valence electrons. The van der Waals surface area contributed by atoms with Crippen LogP contribution in [-0.2, 0) is 0 Å². The minimum absolute atomic E-state index is 0. The molecule has 16 heavy (non-hydrogen) atoms. The Morgan fingerprint density at radius 1 is 1.12 bits per heavy atom. The van der Waals surface area contributed by atoms with Gasteiger partial charge in [-0.25, -0.2) is 0 Å². The van der Waals surface area contributed by atoms with Crippen LogP contribution in [0.5, 0.6) is 0 Å². The Kier molecular flexibility index (Phi) is 30.7. The first kappa shape index (κ1) is 22.6. The van der Waals surface area contributed by atoms with Crippen molar-refractivity contribution < 1.29 is 51.4 Å². The molecule has 0 fully saturated rings. The molecule has 1 atom stereocenters. The zero-order valence-corrected chi connectivity index (χ0v) is 14.8. The van der Waals surface area contributed by atoms with Crippen LogP contribution in [-0.4, -0.2) is 39.3 Å². The molecular formula is C11H29KN4. The summed E-state index contributed by atoms with van der Waals surface area (Å²) in [7, 11) is 0. The van der Waals surface area contributed by atoms with E-state index >= 15 is 0 Å². The van der Waals surface area contributed by atoms with Gasteiger partial charge in [-0.05, 0) is 19.0 Å². The van der Waals surface area contributed by atoms with Crippen LogP contribution in [0.1, 0.15) is 27.2 Å². The summed E-state index contributed by atoms with van der Waals surface area (Å²) < 4.78 is 0. The zero-order chi connectivity index (χ0) is 11.9. The smallest absolute Gasteiger partial charge is 0.663 e. The minimum Gasteiger partial charge on any atom is -0.663 e. The van der Waals surface area contributed by atoms with Gasteiger partial charge in [0.15, 0.2) is 0 Å². The van der Waals surface area contributed by atoms with E-state index in [4.69, 9.17) is 11.5 Å². The molecule has 0 saturated heterocycles. The third kappa shape index (κ3) is 20.8. The number of rotatable bonds is 8. The molecule has 0 saturated carbocycles. The van der Waals surface area contributed by atoms with Gasteiger partial charge in [-0.1, -0.05) is 27.2 Å². The molecule has 0 aromatic heterocycles. The Labute approximate surface area is 144 Å². The molecule has 0 aromatic carbocycles. The van der Waals surface area contributed by atoms with Crippen LogP contribution in [0.3, 0.4) is 0 Å². The van der Waals surface area contributed by atoms with Crippen molar-refractivity contribution >= 4 is 0 Å².